The topological polar surface area (TPSA) is 21.3 Å². The van der Waals surface area contributed by atoms with Gasteiger partial charge in [0.2, 0.25) is 0 Å². The molecule has 48 valence electrons. The van der Waals surface area contributed by atoms with Gasteiger partial charge < -0.3 is 0 Å². The lowest BCUT2D eigenvalue weighted by Crippen LogP contribution is -1.88. The highest BCUT2D eigenvalue weighted by atomic mass is 32.2. The molecule has 0 saturated heterocycles. The van der Waals surface area contributed by atoms with Crippen molar-refractivity contribution in [3.63, 3.8) is 0 Å². The van der Waals surface area contributed by atoms with Crippen molar-refractivity contribution in [3.8, 4) is 0 Å². The van der Waals surface area contributed by atoms with Crippen LogP contribution < -0.4 is 4.13 Å². The molecular formula is C3H6FNOS2. The standard InChI is InChI=1S/C3H6FNOS2/c1-2-3-6-8-5-7-4/h2,5H,1,3H2. The average molecular weight is 155 g/mol. The summed E-state index contributed by atoms with van der Waals surface area (Å²) < 4.78 is 17.9. The Kier molecular flexibility index (Phi) is 7.55. The third kappa shape index (κ3) is 6.29. The summed E-state index contributed by atoms with van der Waals surface area (Å²) in [6.07, 6.45) is 1.58. The van der Waals surface area contributed by atoms with Crippen molar-refractivity contribution in [2.45, 2.75) is 0 Å². The van der Waals surface area contributed by atoms with Gasteiger partial charge in [-0.05, 0) is 0 Å². The van der Waals surface area contributed by atoms with Crippen molar-refractivity contribution >= 4 is 24.6 Å². The largest absolute Gasteiger partial charge is 0.296 e. The van der Waals surface area contributed by atoms with Crippen molar-refractivity contribution < 1.29 is 8.07 Å². The van der Waals surface area contributed by atoms with Gasteiger partial charge in [-0.2, -0.15) is 4.13 Å². The molecule has 0 unspecified atom stereocenters. The molecule has 0 aliphatic rings. The molecule has 0 spiro atoms. The Morgan fingerprint density at radius 2 is 2.62 bits per heavy atom. The molecule has 0 rings (SSSR count). The summed E-state index contributed by atoms with van der Waals surface area (Å²) in [5, 5.41) is 0. The molecule has 0 amide bonds. The van der Waals surface area contributed by atoms with Crippen molar-refractivity contribution in [3.05, 3.63) is 12.7 Å². The Labute approximate surface area is 56.6 Å². The van der Waals surface area contributed by atoms with Gasteiger partial charge in [-0.15, -0.1) is 10.5 Å². The first-order valence-electron chi connectivity index (χ1n) is 1.83. The van der Waals surface area contributed by atoms with E-state index in [1.807, 2.05) is 0 Å². The highest BCUT2D eigenvalue weighted by Crippen LogP contribution is 2.03. The first-order chi connectivity index (χ1) is 3.91. The van der Waals surface area contributed by atoms with Crippen LogP contribution in [0.5, 0.6) is 0 Å². The number of nitrogens with one attached hydrogen (secondary N) is 1. The van der Waals surface area contributed by atoms with Crippen LogP contribution in [0.15, 0.2) is 12.7 Å². The van der Waals surface area contributed by atoms with Crippen LogP contribution in [0.2, 0.25) is 0 Å². The molecule has 0 aliphatic carbocycles. The van der Waals surface area contributed by atoms with Gasteiger partial charge in [-0.25, -0.2) is 0 Å². The summed E-state index contributed by atoms with van der Waals surface area (Å²) in [4.78, 5) is 0. The molecule has 1 N–H and O–H groups in total. The molecule has 0 saturated carbocycles. The van der Waals surface area contributed by atoms with E-state index in [1.54, 1.807) is 6.08 Å². The monoisotopic (exact) mass is 155 g/mol. The van der Waals surface area contributed by atoms with Gasteiger partial charge in [-0.3, -0.25) is 4.18 Å². The third-order valence-electron chi connectivity index (χ3n) is 0.310. The fourth-order valence-corrected chi connectivity index (χ4v) is 0.579. The molecule has 0 aromatic carbocycles. The maximum atomic E-state index is 11.1. The molecule has 8 heavy (non-hydrogen) atoms. The minimum absolute atomic E-state index is 0.00573. The summed E-state index contributed by atoms with van der Waals surface area (Å²) in [6, 6.07) is 0. The van der Waals surface area contributed by atoms with Gasteiger partial charge in [0.1, 0.15) is 12.3 Å². The van der Waals surface area contributed by atoms with Gasteiger partial charge in [0.15, 0.2) is 0 Å². The molecule has 0 aromatic heterocycles. The normalized spacial score (nSPS) is 9.12. The van der Waals surface area contributed by atoms with E-state index in [4.69, 9.17) is 0 Å². The minimum atomic E-state index is 0.00573. The predicted octanol–water partition coefficient (Wildman–Crippen LogP) is 1.87. The van der Waals surface area contributed by atoms with Crippen LogP contribution in [0.25, 0.3) is 0 Å². The van der Waals surface area contributed by atoms with Crippen molar-refractivity contribution in [2.75, 3.05) is 6.61 Å². The Bertz CT molecular complexity index is 63.2. The maximum absolute atomic E-state index is 11.1. The highest BCUT2D eigenvalue weighted by molar-refractivity contribution is 8.08. The molecule has 0 atom stereocenters. The molecule has 0 aromatic rings. The predicted molar refractivity (Wildman–Crippen MR) is 35.6 cm³/mol. The first kappa shape index (κ1) is 8.29. The van der Waals surface area contributed by atoms with E-state index in [1.165, 1.54) is 0 Å². The molecule has 0 heterocycles. The lowest BCUT2D eigenvalue weighted by molar-refractivity contribution is 0.428. The second-order valence-corrected chi connectivity index (χ2v) is 2.04. The van der Waals surface area contributed by atoms with Crippen LogP contribution >= 0.6 is 24.6 Å². The summed E-state index contributed by atoms with van der Waals surface area (Å²) in [5.41, 5.74) is 0. The maximum Gasteiger partial charge on any atom is 0.144 e. The van der Waals surface area contributed by atoms with E-state index >= 15 is 0 Å². The lowest BCUT2D eigenvalue weighted by atomic mass is 10.7. The van der Waals surface area contributed by atoms with E-state index in [9.17, 15) is 3.89 Å². The zero-order valence-corrected chi connectivity index (χ0v) is 5.73. The first-order valence-corrected chi connectivity index (χ1v) is 3.29. The van der Waals surface area contributed by atoms with E-state index in [2.05, 4.69) is 14.9 Å². The highest BCUT2D eigenvalue weighted by Gasteiger charge is 1.82. The number of rotatable bonds is 5. The average Bonchev–Trinajstić information content (AvgIpc) is 1.81. The summed E-state index contributed by atoms with van der Waals surface area (Å²) in [6.45, 7) is 3.81. The van der Waals surface area contributed by atoms with Gasteiger partial charge in [0.05, 0.1) is 18.8 Å². The van der Waals surface area contributed by atoms with Crippen molar-refractivity contribution in [1.29, 1.82) is 0 Å². The molecular weight excluding hydrogens is 149 g/mol. The molecule has 0 radical (unpaired) electrons. The zero-order chi connectivity index (χ0) is 6.24. The Morgan fingerprint density at radius 1 is 1.88 bits per heavy atom. The number of hydrogen-bond donors (Lipinski definition) is 1. The van der Waals surface area contributed by atoms with Gasteiger partial charge in [-0.1, -0.05) is 6.08 Å². The second-order valence-electron chi connectivity index (χ2n) is 0.817. The number of hydrogen-bond acceptors (Lipinski definition) is 4. The zero-order valence-electron chi connectivity index (χ0n) is 4.09. The minimum Gasteiger partial charge on any atom is -0.296 e. The molecule has 0 bridgehead atoms. The summed E-state index contributed by atoms with van der Waals surface area (Å²) in [7, 11) is 0. The van der Waals surface area contributed by atoms with Crippen LogP contribution in [-0.4, -0.2) is 6.61 Å². The van der Waals surface area contributed by atoms with E-state index in [0.29, 0.717) is 6.61 Å². The molecule has 2 nitrogen and oxygen atoms in total. The fraction of sp³-hybridized carbons (Fsp3) is 0.333. The Morgan fingerprint density at radius 3 is 3.12 bits per heavy atom. The molecule has 5 heteroatoms. The summed E-state index contributed by atoms with van der Waals surface area (Å²) in [5.74, 6) is 0. The van der Waals surface area contributed by atoms with E-state index in [-0.39, 0.29) is 12.3 Å². The van der Waals surface area contributed by atoms with Crippen LogP contribution in [0.4, 0.5) is 3.89 Å². The van der Waals surface area contributed by atoms with E-state index in [0.717, 1.165) is 12.2 Å². The van der Waals surface area contributed by atoms with Gasteiger partial charge in [0, 0.05) is 0 Å². The van der Waals surface area contributed by atoms with Crippen LogP contribution in [0.1, 0.15) is 0 Å². The Balaban J connectivity index is 2.62. The van der Waals surface area contributed by atoms with E-state index < -0.39 is 0 Å². The van der Waals surface area contributed by atoms with Crippen LogP contribution in [0, 0.1) is 0 Å². The van der Waals surface area contributed by atoms with Crippen LogP contribution in [0.3, 0.4) is 0 Å². The van der Waals surface area contributed by atoms with Gasteiger partial charge in [0.25, 0.3) is 0 Å². The lowest BCUT2D eigenvalue weighted by Gasteiger charge is -1.92. The Hall–Kier alpha value is 0.290. The third-order valence-corrected chi connectivity index (χ3v) is 1.09. The van der Waals surface area contributed by atoms with Crippen LogP contribution in [-0.2, 0) is 4.18 Å². The number of halogens is 1. The quantitative estimate of drug-likeness (QED) is 0.283. The van der Waals surface area contributed by atoms with Crippen molar-refractivity contribution in [2.24, 2.45) is 0 Å². The second kappa shape index (κ2) is 7.29. The summed E-state index contributed by atoms with van der Waals surface area (Å²) >= 11 is 0.850. The van der Waals surface area contributed by atoms with Crippen molar-refractivity contribution in [1.82, 2.24) is 4.13 Å². The smallest absolute Gasteiger partial charge is 0.144 e. The fourth-order valence-electron chi connectivity index (χ4n) is 0.119. The van der Waals surface area contributed by atoms with Gasteiger partial charge >= 0.3 is 0 Å². The molecule has 0 fully saturated rings. The molecule has 0 aliphatic heterocycles. The SMILES string of the molecule is C=CCOSNSF.